The average Bonchev–Trinajstić information content (AvgIpc) is 2.89. The van der Waals surface area contributed by atoms with Crippen molar-refractivity contribution in [2.24, 2.45) is 5.92 Å². The van der Waals surface area contributed by atoms with E-state index in [9.17, 15) is 31.2 Å². The number of ether oxygens (including phenoxy) is 1. The Morgan fingerprint density at radius 1 is 1.25 bits per heavy atom. The Balaban J connectivity index is 1.72. The van der Waals surface area contributed by atoms with Crippen molar-refractivity contribution in [2.75, 3.05) is 13.1 Å². The van der Waals surface area contributed by atoms with Crippen LogP contribution in [0.1, 0.15) is 19.8 Å². The fourth-order valence-corrected chi connectivity index (χ4v) is 4.98. The molecule has 2 aliphatic heterocycles. The molecule has 0 radical (unpaired) electrons. The van der Waals surface area contributed by atoms with Crippen LogP contribution in [0.15, 0.2) is 23.1 Å². The molecule has 2 saturated heterocycles. The summed E-state index contributed by atoms with van der Waals surface area (Å²) in [6.07, 6.45) is 0.608. The molecule has 1 aromatic carbocycles. The van der Waals surface area contributed by atoms with E-state index >= 15 is 0 Å². The Labute approximate surface area is 159 Å². The minimum Gasteiger partial charge on any atom is -0.432 e. The second-order valence-electron chi connectivity index (χ2n) is 6.76. The molecule has 0 spiro atoms. The summed E-state index contributed by atoms with van der Waals surface area (Å²) in [6.45, 7) is -1.53. The van der Waals surface area contributed by atoms with E-state index in [1.54, 1.807) is 6.92 Å². The fourth-order valence-electron chi connectivity index (χ4n) is 3.50. The van der Waals surface area contributed by atoms with Crippen LogP contribution in [-0.4, -0.2) is 49.9 Å². The summed E-state index contributed by atoms with van der Waals surface area (Å²) in [4.78, 5) is 23.0. The number of piperidine rings is 1. The first-order valence-corrected chi connectivity index (χ1v) is 9.86. The van der Waals surface area contributed by atoms with E-state index in [0.29, 0.717) is 18.9 Å². The summed E-state index contributed by atoms with van der Waals surface area (Å²) in [5.41, 5.74) is -1.12. The maximum absolute atomic E-state index is 13.9. The molecule has 1 aromatic rings. The molecule has 2 fully saturated rings. The maximum atomic E-state index is 13.9. The molecule has 3 amide bonds. The highest BCUT2D eigenvalue weighted by Gasteiger charge is 2.49. The van der Waals surface area contributed by atoms with Crippen LogP contribution in [0.3, 0.4) is 0 Å². The Bertz CT molecular complexity index is 903. The van der Waals surface area contributed by atoms with Crippen molar-refractivity contribution < 1.29 is 35.9 Å². The lowest BCUT2D eigenvalue weighted by molar-refractivity contribution is -0.125. The molecule has 154 valence electrons. The Hall–Kier alpha value is -2.34. The minimum atomic E-state index is -4.06. The number of halogens is 3. The van der Waals surface area contributed by atoms with Gasteiger partial charge in [-0.3, -0.25) is 10.1 Å². The van der Waals surface area contributed by atoms with Crippen molar-refractivity contribution >= 4 is 22.0 Å². The number of hydrogen-bond acceptors (Lipinski definition) is 5. The number of sulfonamides is 1. The molecule has 1 atom stereocenters. The van der Waals surface area contributed by atoms with Crippen LogP contribution in [-0.2, 0) is 14.8 Å². The number of amides is 3. The summed E-state index contributed by atoms with van der Waals surface area (Å²) in [7, 11) is -4.06. The summed E-state index contributed by atoms with van der Waals surface area (Å²) in [5, 5.41) is 4.74. The van der Waals surface area contributed by atoms with Crippen molar-refractivity contribution in [1.29, 1.82) is 0 Å². The van der Waals surface area contributed by atoms with Crippen LogP contribution in [0, 0.1) is 11.7 Å². The SMILES string of the molecule is CC1(C2CCN(S(=O)(=O)c3ccc(OC(F)F)c(F)c3)CC2)NC(=O)NC1=O. The molecular formula is C16H18F3N3O5S. The smallest absolute Gasteiger partial charge is 0.387 e. The zero-order valence-electron chi connectivity index (χ0n) is 14.7. The molecule has 12 heteroatoms. The molecule has 0 aromatic heterocycles. The summed E-state index contributed by atoms with van der Waals surface area (Å²) in [6, 6.07) is 1.86. The minimum absolute atomic E-state index is 0.0582. The lowest BCUT2D eigenvalue weighted by atomic mass is 9.79. The predicted octanol–water partition coefficient (Wildman–Crippen LogP) is 1.43. The van der Waals surface area contributed by atoms with Gasteiger partial charge >= 0.3 is 12.6 Å². The van der Waals surface area contributed by atoms with Crippen LogP contribution in [0.2, 0.25) is 0 Å². The first kappa shape index (κ1) is 20.4. The van der Waals surface area contributed by atoms with E-state index < -0.39 is 45.7 Å². The van der Waals surface area contributed by atoms with Gasteiger partial charge in [0.1, 0.15) is 5.54 Å². The van der Waals surface area contributed by atoms with Gasteiger partial charge in [0.2, 0.25) is 10.0 Å². The molecule has 2 aliphatic rings. The molecule has 8 nitrogen and oxygen atoms in total. The van der Waals surface area contributed by atoms with Gasteiger partial charge in [0.05, 0.1) is 4.90 Å². The third-order valence-corrected chi connectivity index (χ3v) is 6.99. The third kappa shape index (κ3) is 3.65. The number of carbonyl (C=O) groups excluding carboxylic acids is 2. The molecule has 0 saturated carbocycles. The van der Waals surface area contributed by atoms with Gasteiger partial charge in [-0.25, -0.2) is 17.6 Å². The average molecular weight is 421 g/mol. The highest BCUT2D eigenvalue weighted by atomic mass is 32.2. The van der Waals surface area contributed by atoms with Crippen LogP contribution >= 0.6 is 0 Å². The van der Waals surface area contributed by atoms with Crippen LogP contribution < -0.4 is 15.4 Å². The number of alkyl halides is 2. The number of benzene rings is 1. The van der Waals surface area contributed by atoms with E-state index in [1.165, 1.54) is 0 Å². The second kappa shape index (κ2) is 7.24. The molecule has 28 heavy (non-hydrogen) atoms. The number of rotatable bonds is 5. The normalized spacial score (nSPS) is 24.3. The topological polar surface area (TPSA) is 105 Å². The van der Waals surface area contributed by atoms with Crippen molar-refractivity contribution in [3.05, 3.63) is 24.0 Å². The van der Waals surface area contributed by atoms with Gasteiger partial charge < -0.3 is 10.1 Å². The Morgan fingerprint density at radius 3 is 2.39 bits per heavy atom. The molecule has 3 rings (SSSR count). The summed E-state index contributed by atoms with van der Waals surface area (Å²) >= 11 is 0. The molecule has 0 bridgehead atoms. The monoisotopic (exact) mass is 421 g/mol. The van der Waals surface area contributed by atoms with Gasteiger partial charge in [-0.15, -0.1) is 0 Å². The second-order valence-corrected chi connectivity index (χ2v) is 8.70. The number of carbonyl (C=O) groups is 2. The molecule has 2 N–H and O–H groups in total. The zero-order chi connectivity index (χ0) is 20.7. The summed E-state index contributed by atoms with van der Waals surface area (Å²) in [5.74, 6) is -2.70. The fraction of sp³-hybridized carbons (Fsp3) is 0.500. The molecular weight excluding hydrogens is 403 g/mol. The van der Waals surface area contributed by atoms with E-state index in [-0.39, 0.29) is 23.9 Å². The maximum Gasteiger partial charge on any atom is 0.387 e. The van der Waals surface area contributed by atoms with Crippen molar-refractivity contribution in [2.45, 2.75) is 36.8 Å². The van der Waals surface area contributed by atoms with Crippen LogP contribution in [0.5, 0.6) is 5.75 Å². The van der Waals surface area contributed by atoms with E-state index in [2.05, 4.69) is 15.4 Å². The summed E-state index contributed by atoms with van der Waals surface area (Å²) < 4.78 is 68.8. The third-order valence-electron chi connectivity index (χ3n) is 5.10. The van der Waals surface area contributed by atoms with Crippen molar-refractivity contribution in [3.63, 3.8) is 0 Å². The van der Waals surface area contributed by atoms with E-state index in [1.807, 2.05) is 0 Å². The molecule has 0 aliphatic carbocycles. The quantitative estimate of drug-likeness (QED) is 0.700. The van der Waals surface area contributed by atoms with Gasteiger partial charge in [-0.1, -0.05) is 0 Å². The zero-order valence-corrected chi connectivity index (χ0v) is 15.6. The van der Waals surface area contributed by atoms with E-state index in [4.69, 9.17) is 0 Å². The van der Waals surface area contributed by atoms with Crippen molar-refractivity contribution in [3.8, 4) is 5.75 Å². The number of urea groups is 1. The highest BCUT2D eigenvalue weighted by Crippen LogP contribution is 2.33. The first-order chi connectivity index (χ1) is 13.0. The lowest BCUT2D eigenvalue weighted by Gasteiger charge is -2.38. The Morgan fingerprint density at radius 2 is 1.89 bits per heavy atom. The van der Waals surface area contributed by atoms with Gasteiger partial charge in [0, 0.05) is 13.1 Å². The standard InChI is InChI=1S/C16H18F3N3O5S/c1-16(13(23)20-15(24)21-16)9-4-6-22(7-5-9)28(25,26)10-2-3-12(11(17)8-10)27-14(18)19/h2-3,8-9,14H,4-7H2,1H3,(H2,20,21,23,24). The van der Waals surface area contributed by atoms with E-state index in [0.717, 1.165) is 16.4 Å². The number of hydrogen-bond donors (Lipinski definition) is 2. The van der Waals surface area contributed by atoms with Gasteiger partial charge in [-0.05, 0) is 43.9 Å². The number of nitrogens with one attached hydrogen (secondary N) is 2. The molecule has 1 unspecified atom stereocenters. The number of imide groups is 1. The van der Waals surface area contributed by atoms with Gasteiger partial charge in [-0.2, -0.15) is 13.1 Å². The predicted molar refractivity (Wildman–Crippen MR) is 89.6 cm³/mol. The highest BCUT2D eigenvalue weighted by molar-refractivity contribution is 7.89. The number of nitrogens with zero attached hydrogens (tertiary/aromatic N) is 1. The Kier molecular flexibility index (Phi) is 5.28. The van der Waals surface area contributed by atoms with Crippen LogP contribution in [0.4, 0.5) is 18.0 Å². The van der Waals surface area contributed by atoms with Crippen molar-refractivity contribution in [1.82, 2.24) is 14.9 Å². The van der Waals surface area contributed by atoms with Gasteiger partial charge in [0.25, 0.3) is 5.91 Å². The molecule has 2 heterocycles. The van der Waals surface area contributed by atoms with Gasteiger partial charge in [0.15, 0.2) is 11.6 Å². The van der Waals surface area contributed by atoms with Crippen LogP contribution in [0.25, 0.3) is 0 Å². The lowest BCUT2D eigenvalue weighted by Crippen LogP contribution is -2.54. The largest absolute Gasteiger partial charge is 0.432 e. The first-order valence-electron chi connectivity index (χ1n) is 8.42.